The highest BCUT2D eigenvalue weighted by molar-refractivity contribution is 5.96. The Kier molecular flexibility index (Phi) is 3.41. The Bertz CT molecular complexity index is 808. The molecular formula is C16H14N2O3. The van der Waals surface area contributed by atoms with Crippen LogP contribution in [0.15, 0.2) is 46.9 Å². The van der Waals surface area contributed by atoms with Crippen molar-refractivity contribution in [3.63, 3.8) is 0 Å². The summed E-state index contributed by atoms with van der Waals surface area (Å²) in [5.41, 5.74) is 8.98. The van der Waals surface area contributed by atoms with Crippen LogP contribution in [0, 0.1) is 0 Å². The van der Waals surface area contributed by atoms with Gasteiger partial charge < -0.3 is 14.9 Å². The van der Waals surface area contributed by atoms with E-state index in [2.05, 4.69) is 4.98 Å². The van der Waals surface area contributed by atoms with E-state index in [9.17, 15) is 4.79 Å². The van der Waals surface area contributed by atoms with Gasteiger partial charge in [-0.25, -0.2) is 9.78 Å². The molecule has 2 aromatic carbocycles. The first-order valence-corrected chi connectivity index (χ1v) is 6.50. The van der Waals surface area contributed by atoms with Gasteiger partial charge in [-0.3, -0.25) is 0 Å². The summed E-state index contributed by atoms with van der Waals surface area (Å²) in [5.74, 6) is -0.0318. The van der Waals surface area contributed by atoms with Crippen LogP contribution in [0.2, 0.25) is 0 Å². The molecule has 0 unspecified atom stereocenters. The number of rotatable bonds is 3. The van der Waals surface area contributed by atoms with E-state index in [1.54, 1.807) is 18.2 Å². The fourth-order valence-corrected chi connectivity index (χ4v) is 2.17. The summed E-state index contributed by atoms with van der Waals surface area (Å²) in [6.45, 7) is 0.435. The summed E-state index contributed by atoms with van der Waals surface area (Å²) < 4.78 is 10.5. The molecule has 5 heteroatoms. The lowest BCUT2D eigenvalue weighted by molar-refractivity contribution is 0.0601. The number of esters is 1. The Balaban J connectivity index is 2.14. The average Bonchev–Trinajstić information content (AvgIpc) is 2.96. The van der Waals surface area contributed by atoms with Gasteiger partial charge in [-0.1, -0.05) is 18.2 Å². The van der Waals surface area contributed by atoms with Crippen LogP contribution in [0.4, 0.5) is 0 Å². The molecule has 0 saturated heterocycles. The second-order valence-corrected chi connectivity index (χ2v) is 4.56. The normalized spacial score (nSPS) is 10.8. The van der Waals surface area contributed by atoms with Crippen molar-refractivity contribution in [1.82, 2.24) is 4.98 Å². The van der Waals surface area contributed by atoms with Crippen molar-refractivity contribution in [2.45, 2.75) is 6.54 Å². The molecule has 21 heavy (non-hydrogen) atoms. The minimum absolute atomic E-state index is 0.389. The molecule has 0 amide bonds. The molecule has 3 aromatic rings. The SMILES string of the molecule is COC(=O)c1ccccc1-c1nc2ccc(CN)cc2o1. The van der Waals surface area contributed by atoms with Gasteiger partial charge in [0, 0.05) is 6.54 Å². The number of fused-ring (bicyclic) bond motifs is 1. The number of aromatic nitrogens is 1. The van der Waals surface area contributed by atoms with Gasteiger partial charge in [0.1, 0.15) is 5.52 Å². The third-order valence-corrected chi connectivity index (χ3v) is 3.25. The number of benzene rings is 2. The van der Waals surface area contributed by atoms with E-state index >= 15 is 0 Å². The van der Waals surface area contributed by atoms with Gasteiger partial charge >= 0.3 is 5.97 Å². The highest BCUT2D eigenvalue weighted by Gasteiger charge is 2.17. The number of carbonyl (C=O) groups is 1. The van der Waals surface area contributed by atoms with E-state index in [0.29, 0.717) is 29.1 Å². The predicted molar refractivity (Wildman–Crippen MR) is 78.7 cm³/mol. The van der Waals surface area contributed by atoms with Gasteiger partial charge in [0.2, 0.25) is 5.89 Å². The zero-order valence-electron chi connectivity index (χ0n) is 11.5. The fourth-order valence-electron chi connectivity index (χ4n) is 2.17. The van der Waals surface area contributed by atoms with Crippen LogP contribution in [0.1, 0.15) is 15.9 Å². The topological polar surface area (TPSA) is 78.3 Å². The summed E-state index contributed by atoms with van der Waals surface area (Å²) in [5, 5.41) is 0. The first-order chi connectivity index (χ1) is 10.2. The van der Waals surface area contributed by atoms with Crippen molar-refractivity contribution < 1.29 is 13.9 Å². The molecule has 1 aromatic heterocycles. The highest BCUT2D eigenvalue weighted by Crippen LogP contribution is 2.27. The van der Waals surface area contributed by atoms with Crippen molar-refractivity contribution in [1.29, 1.82) is 0 Å². The monoisotopic (exact) mass is 282 g/mol. The van der Waals surface area contributed by atoms with Crippen molar-refractivity contribution in [2.24, 2.45) is 5.73 Å². The van der Waals surface area contributed by atoms with Crippen molar-refractivity contribution >= 4 is 17.1 Å². The molecule has 0 saturated carbocycles. The standard InChI is InChI=1S/C16H14N2O3/c1-20-16(19)12-5-3-2-4-11(12)15-18-13-7-6-10(9-17)8-14(13)21-15/h2-8H,9,17H2,1H3. The van der Waals surface area contributed by atoms with Gasteiger partial charge in [-0.15, -0.1) is 0 Å². The van der Waals surface area contributed by atoms with Crippen LogP contribution in [0.25, 0.3) is 22.6 Å². The number of hydrogen-bond donors (Lipinski definition) is 1. The maximum Gasteiger partial charge on any atom is 0.338 e. The number of methoxy groups -OCH3 is 1. The first kappa shape index (κ1) is 13.3. The lowest BCUT2D eigenvalue weighted by Crippen LogP contribution is -2.03. The van der Waals surface area contributed by atoms with E-state index in [-0.39, 0.29) is 0 Å². The zero-order valence-corrected chi connectivity index (χ0v) is 11.5. The molecule has 0 bridgehead atoms. The predicted octanol–water partition coefficient (Wildman–Crippen LogP) is 2.74. The molecule has 0 spiro atoms. The summed E-state index contributed by atoms with van der Waals surface area (Å²) in [4.78, 5) is 16.2. The van der Waals surface area contributed by atoms with Gasteiger partial charge in [0.15, 0.2) is 5.58 Å². The van der Waals surface area contributed by atoms with Crippen LogP contribution < -0.4 is 5.73 Å². The number of oxazole rings is 1. The maximum atomic E-state index is 11.8. The van der Waals surface area contributed by atoms with Crippen LogP contribution in [-0.4, -0.2) is 18.1 Å². The van der Waals surface area contributed by atoms with E-state index < -0.39 is 5.97 Å². The molecule has 1 heterocycles. The van der Waals surface area contributed by atoms with Crippen LogP contribution in [-0.2, 0) is 11.3 Å². The van der Waals surface area contributed by atoms with Crippen molar-refractivity contribution in [2.75, 3.05) is 7.11 Å². The van der Waals surface area contributed by atoms with E-state index in [1.807, 2.05) is 24.3 Å². The second kappa shape index (κ2) is 5.38. The Morgan fingerprint density at radius 1 is 1.29 bits per heavy atom. The Labute approximate surface area is 121 Å². The summed E-state index contributed by atoms with van der Waals surface area (Å²) >= 11 is 0. The Hall–Kier alpha value is -2.66. The Morgan fingerprint density at radius 3 is 2.86 bits per heavy atom. The third-order valence-electron chi connectivity index (χ3n) is 3.25. The summed E-state index contributed by atoms with van der Waals surface area (Å²) in [6.07, 6.45) is 0. The molecule has 3 rings (SSSR count). The second-order valence-electron chi connectivity index (χ2n) is 4.56. The molecular weight excluding hydrogens is 268 g/mol. The molecule has 0 aliphatic rings. The third kappa shape index (κ3) is 2.39. The molecule has 0 atom stereocenters. The first-order valence-electron chi connectivity index (χ1n) is 6.50. The molecule has 106 valence electrons. The lowest BCUT2D eigenvalue weighted by Gasteiger charge is -2.03. The van der Waals surface area contributed by atoms with Gasteiger partial charge in [0.05, 0.1) is 18.2 Å². The van der Waals surface area contributed by atoms with E-state index in [4.69, 9.17) is 14.9 Å². The number of ether oxygens (including phenoxy) is 1. The average molecular weight is 282 g/mol. The van der Waals surface area contributed by atoms with Crippen LogP contribution in [0.3, 0.4) is 0 Å². The van der Waals surface area contributed by atoms with Crippen molar-refractivity contribution in [3.8, 4) is 11.5 Å². The molecule has 5 nitrogen and oxygen atoms in total. The minimum atomic E-state index is -0.421. The molecule has 0 aliphatic heterocycles. The van der Waals surface area contributed by atoms with E-state index in [1.165, 1.54) is 7.11 Å². The molecule has 2 N–H and O–H groups in total. The lowest BCUT2D eigenvalue weighted by atomic mass is 10.1. The number of hydrogen-bond acceptors (Lipinski definition) is 5. The summed E-state index contributed by atoms with van der Waals surface area (Å²) in [6, 6.07) is 12.7. The molecule has 0 radical (unpaired) electrons. The fraction of sp³-hybridized carbons (Fsp3) is 0.125. The maximum absolute atomic E-state index is 11.8. The van der Waals surface area contributed by atoms with Crippen LogP contribution >= 0.6 is 0 Å². The van der Waals surface area contributed by atoms with E-state index in [0.717, 1.165) is 11.1 Å². The smallest absolute Gasteiger partial charge is 0.338 e. The zero-order chi connectivity index (χ0) is 14.8. The number of carbonyl (C=O) groups excluding carboxylic acids is 1. The van der Waals surface area contributed by atoms with Gasteiger partial charge in [-0.05, 0) is 29.8 Å². The van der Waals surface area contributed by atoms with Gasteiger partial charge in [0.25, 0.3) is 0 Å². The molecule has 0 aliphatic carbocycles. The quantitative estimate of drug-likeness (QED) is 0.747. The van der Waals surface area contributed by atoms with Crippen LogP contribution in [0.5, 0.6) is 0 Å². The van der Waals surface area contributed by atoms with Gasteiger partial charge in [-0.2, -0.15) is 0 Å². The Morgan fingerprint density at radius 2 is 2.10 bits per heavy atom. The largest absolute Gasteiger partial charge is 0.465 e. The highest BCUT2D eigenvalue weighted by atomic mass is 16.5. The molecule has 0 fully saturated rings. The minimum Gasteiger partial charge on any atom is -0.465 e. The number of nitrogens with zero attached hydrogens (tertiary/aromatic N) is 1. The van der Waals surface area contributed by atoms with Crippen molar-refractivity contribution in [3.05, 3.63) is 53.6 Å². The summed E-state index contributed by atoms with van der Waals surface area (Å²) in [7, 11) is 1.35. The number of nitrogens with two attached hydrogens (primary N) is 1.